The van der Waals surface area contributed by atoms with Gasteiger partial charge in [-0.15, -0.1) is 0 Å². The number of benzene rings is 2. The van der Waals surface area contributed by atoms with Crippen molar-refractivity contribution in [2.75, 3.05) is 13.1 Å². The Morgan fingerprint density at radius 1 is 0.836 bits per heavy atom. The molecule has 1 aliphatic rings. The van der Waals surface area contributed by atoms with Crippen molar-refractivity contribution in [3.63, 3.8) is 0 Å². The number of Topliss-reactive ketones (excluding diaryl/α,β-unsaturated/α-hetero) is 3. The van der Waals surface area contributed by atoms with Crippen LogP contribution in [0.3, 0.4) is 0 Å². The van der Waals surface area contributed by atoms with Crippen molar-refractivity contribution in [3.8, 4) is 0 Å². The SMILES string of the molecule is CC(=O)CCC(=O)N[C@H]1CC(=O)NC[C@@H](C(=O)C[C@@H](Cc2c[nH]c3ccccc23)C(N)=O)NC(=O)[C@H](CCCN=C(N)N)CC(=O)[C@@H](Cc2ccccc2)NC(=O)[C@H](Cc2cnc[nH]2)NC1=O. The summed E-state index contributed by atoms with van der Waals surface area (Å²) in [5, 5.41) is 13.9. The van der Waals surface area contributed by atoms with Crippen LogP contribution in [0.5, 0.6) is 0 Å². The molecule has 5 rings (SSSR count). The summed E-state index contributed by atoms with van der Waals surface area (Å²) in [6.45, 7) is 0.844. The lowest BCUT2D eigenvalue weighted by atomic mass is 9.89. The van der Waals surface area contributed by atoms with Gasteiger partial charge in [0.1, 0.15) is 23.9 Å². The van der Waals surface area contributed by atoms with E-state index in [1.165, 1.54) is 19.4 Å². The maximum Gasteiger partial charge on any atom is 0.243 e. The second-order valence-electron chi connectivity index (χ2n) is 16.6. The first-order chi connectivity index (χ1) is 32.1. The molecule has 3 heterocycles. The van der Waals surface area contributed by atoms with E-state index in [1.54, 1.807) is 36.5 Å². The van der Waals surface area contributed by atoms with E-state index in [4.69, 9.17) is 17.2 Å². The van der Waals surface area contributed by atoms with Gasteiger partial charge in [0.15, 0.2) is 17.5 Å². The summed E-state index contributed by atoms with van der Waals surface area (Å²) in [6, 6.07) is 10.4. The molecule has 1 saturated heterocycles. The number of aromatic nitrogens is 3. The van der Waals surface area contributed by atoms with E-state index >= 15 is 0 Å². The van der Waals surface area contributed by atoms with Crippen LogP contribution in [0.25, 0.3) is 10.9 Å². The van der Waals surface area contributed by atoms with Crippen LogP contribution in [0.4, 0.5) is 0 Å². The first-order valence-corrected chi connectivity index (χ1v) is 22.0. The maximum absolute atomic E-state index is 14.5. The molecule has 356 valence electrons. The van der Waals surface area contributed by atoms with Crippen molar-refractivity contribution in [2.45, 2.75) is 95.3 Å². The highest BCUT2D eigenvalue weighted by molar-refractivity contribution is 5.99. The molecule has 1 fully saturated rings. The van der Waals surface area contributed by atoms with Crippen LogP contribution < -0.4 is 43.8 Å². The predicted octanol–water partition coefficient (Wildman–Crippen LogP) is -0.563. The number of H-pyrrole nitrogens is 2. The van der Waals surface area contributed by atoms with Crippen LogP contribution in [0.15, 0.2) is 78.3 Å². The minimum atomic E-state index is -1.61. The fraction of sp³-hybridized carbons (Fsp3) is 0.413. The normalized spacial score (nSPS) is 20.3. The predicted molar refractivity (Wildman–Crippen MR) is 245 cm³/mol. The van der Waals surface area contributed by atoms with Gasteiger partial charge in [0.05, 0.1) is 18.8 Å². The van der Waals surface area contributed by atoms with Gasteiger partial charge in [-0.2, -0.15) is 0 Å². The number of para-hydroxylation sites is 1. The maximum atomic E-state index is 14.5. The highest BCUT2D eigenvalue weighted by atomic mass is 16.2. The van der Waals surface area contributed by atoms with E-state index in [2.05, 4.69) is 46.5 Å². The Morgan fingerprint density at radius 3 is 2.27 bits per heavy atom. The zero-order valence-electron chi connectivity index (χ0n) is 37.2. The molecular weight excluding hydrogens is 865 g/mol. The molecule has 0 saturated carbocycles. The van der Waals surface area contributed by atoms with Crippen LogP contribution in [-0.2, 0) is 62.4 Å². The number of aromatic amines is 2. The molecule has 13 N–H and O–H groups in total. The molecule has 1 aliphatic heterocycles. The molecule has 21 heteroatoms. The topological polar surface area (TPSA) is 349 Å². The molecule has 2 aromatic heterocycles. The smallest absolute Gasteiger partial charge is 0.243 e. The summed E-state index contributed by atoms with van der Waals surface area (Å²) in [5.74, 6) is -8.77. The van der Waals surface area contributed by atoms with E-state index in [0.29, 0.717) is 11.3 Å². The first-order valence-electron chi connectivity index (χ1n) is 22.0. The van der Waals surface area contributed by atoms with Crippen molar-refractivity contribution in [3.05, 3.63) is 90.1 Å². The van der Waals surface area contributed by atoms with E-state index in [9.17, 15) is 43.2 Å². The summed E-state index contributed by atoms with van der Waals surface area (Å²) in [7, 11) is 0. The van der Waals surface area contributed by atoms with Crippen LogP contribution >= 0.6 is 0 Å². The van der Waals surface area contributed by atoms with Gasteiger partial charge in [-0.05, 0) is 49.8 Å². The average Bonchev–Trinajstić information content (AvgIpc) is 3.97. The van der Waals surface area contributed by atoms with Crippen molar-refractivity contribution >= 4 is 69.7 Å². The molecule has 6 amide bonds. The van der Waals surface area contributed by atoms with Gasteiger partial charge in [0.25, 0.3) is 0 Å². The molecule has 6 atom stereocenters. The summed E-state index contributed by atoms with van der Waals surface area (Å²) >= 11 is 0. The van der Waals surface area contributed by atoms with Crippen LogP contribution in [-0.4, -0.2) is 111 Å². The average molecular weight is 923 g/mol. The number of fused-ring (bicyclic) bond motifs is 1. The fourth-order valence-corrected chi connectivity index (χ4v) is 7.72. The second kappa shape index (κ2) is 24.5. The van der Waals surface area contributed by atoms with Gasteiger partial charge < -0.3 is 58.5 Å². The summed E-state index contributed by atoms with van der Waals surface area (Å²) in [6.07, 6.45) is 2.60. The molecule has 2 aromatic carbocycles. The van der Waals surface area contributed by atoms with Gasteiger partial charge in [-0.25, -0.2) is 4.98 Å². The van der Waals surface area contributed by atoms with E-state index < -0.39 is 109 Å². The van der Waals surface area contributed by atoms with Gasteiger partial charge in [0.2, 0.25) is 35.4 Å². The molecule has 4 aromatic rings. The highest BCUT2D eigenvalue weighted by Gasteiger charge is 2.35. The minimum absolute atomic E-state index is 0.0161. The molecule has 0 aliphatic carbocycles. The number of imidazole rings is 1. The molecule has 0 unspecified atom stereocenters. The summed E-state index contributed by atoms with van der Waals surface area (Å²) < 4.78 is 0. The highest BCUT2D eigenvalue weighted by Crippen LogP contribution is 2.23. The number of carbonyl (C=O) groups is 9. The van der Waals surface area contributed by atoms with Crippen LogP contribution in [0.2, 0.25) is 0 Å². The number of nitrogens with two attached hydrogens (primary N) is 3. The number of ketones is 3. The Hall–Kier alpha value is -7.71. The lowest BCUT2D eigenvalue weighted by molar-refractivity contribution is -0.135. The number of carbonyl (C=O) groups excluding carboxylic acids is 9. The molecule has 67 heavy (non-hydrogen) atoms. The Labute approximate surface area is 386 Å². The number of nitrogens with zero attached hydrogens (tertiary/aromatic N) is 2. The molecule has 0 spiro atoms. The number of rotatable bonds is 18. The minimum Gasteiger partial charge on any atom is -0.370 e. The zero-order valence-corrected chi connectivity index (χ0v) is 37.2. The van der Waals surface area contributed by atoms with Crippen molar-refractivity contribution in [2.24, 2.45) is 34.0 Å². The van der Waals surface area contributed by atoms with Gasteiger partial charge >= 0.3 is 0 Å². The summed E-state index contributed by atoms with van der Waals surface area (Å²) in [4.78, 5) is 137. The Morgan fingerprint density at radius 2 is 1.57 bits per heavy atom. The van der Waals surface area contributed by atoms with Crippen LogP contribution in [0.1, 0.15) is 68.7 Å². The Balaban J connectivity index is 1.52. The van der Waals surface area contributed by atoms with Crippen molar-refractivity contribution in [1.29, 1.82) is 0 Å². The van der Waals surface area contributed by atoms with Crippen molar-refractivity contribution in [1.82, 2.24) is 41.5 Å². The first kappa shape index (κ1) is 50.3. The number of hydrogen-bond donors (Lipinski definition) is 10. The third-order valence-corrected chi connectivity index (χ3v) is 11.4. The largest absolute Gasteiger partial charge is 0.370 e. The molecule has 0 radical (unpaired) electrons. The quantitative estimate of drug-likeness (QED) is 0.0341. The monoisotopic (exact) mass is 922 g/mol. The number of primary amides is 1. The van der Waals surface area contributed by atoms with Gasteiger partial charge in [-0.1, -0.05) is 48.5 Å². The lowest BCUT2D eigenvalue weighted by Crippen LogP contribution is -2.57. The molecule has 21 nitrogen and oxygen atoms in total. The lowest BCUT2D eigenvalue weighted by Gasteiger charge is -2.26. The molecule has 0 bridgehead atoms. The number of nitrogens with one attached hydrogen (secondary N) is 7. The Bertz CT molecular complexity index is 2430. The Kier molecular flexibility index (Phi) is 18.4. The number of aliphatic imine (C=N–C) groups is 1. The standard InChI is InChI=1S/C46H58N12O9/c1-26(59)13-14-40(62)55-36-21-41(63)53-24-37(39(61)19-29(42(47)64)17-30-22-52-33-12-6-5-11-32(30)33)58-43(65)28(10-7-15-51-46(48)49)18-38(60)34(16-27-8-3-2-4-9-27)56-44(66)35(57-45(36)67)20-31-23-50-25-54-31/h2-6,8-9,11-12,22-23,25,28-29,34-37,52H,7,10,13-21,24H2,1H3,(H2,47,64)(H,50,54)(H,53,63)(H,55,62)(H,56,66)(H,57,67)(H,58,65)(H4,48,49,51)/t28-,29-,34-,35+,36+,37+/m1/s1. The zero-order chi connectivity index (χ0) is 48.5. The van der Waals surface area contributed by atoms with E-state index in [0.717, 1.165) is 16.5 Å². The fourth-order valence-electron chi connectivity index (χ4n) is 7.72. The number of amides is 6. The van der Waals surface area contributed by atoms with Crippen molar-refractivity contribution < 1.29 is 43.2 Å². The second-order valence-corrected chi connectivity index (χ2v) is 16.6. The van der Waals surface area contributed by atoms with E-state index in [1.807, 2.05) is 24.3 Å². The van der Waals surface area contributed by atoms with Gasteiger partial charge in [-0.3, -0.25) is 43.3 Å². The van der Waals surface area contributed by atoms with Gasteiger partial charge in [0, 0.05) is 86.0 Å². The summed E-state index contributed by atoms with van der Waals surface area (Å²) in [5.41, 5.74) is 19.5. The number of guanidine groups is 1. The van der Waals surface area contributed by atoms with Crippen LogP contribution in [0, 0.1) is 11.8 Å². The molecular formula is C46H58N12O9. The third-order valence-electron chi connectivity index (χ3n) is 11.4. The number of hydrogen-bond acceptors (Lipinski definition) is 11. The third kappa shape index (κ3) is 15.7. The van der Waals surface area contributed by atoms with E-state index in [-0.39, 0.29) is 63.2 Å².